The Morgan fingerprint density at radius 2 is 2.00 bits per heavy atom. The molecule has 1 aromatic rings. The standard InChI is InChI=1S/C17H20N2O3/c1-12-5-3-6-13(2)19(12)16(20)11-22-17(21)15-8-4-7-14(9-15)10-18/h4,7-9,12-13H,3,5-6,11H2,1-2H3/t12-,13+. The highest BCUT2D eigenvalue weighted by Crippen LogP contribution is 2.22. The number of benzene rings is 1. The predicted octanol–water partition coefficient (Wildman–Crippen LogP) is 2.50. The van der Waals surface area contributed by atoms with Gasteiger partial charge in [-0.3, -0.25) is 4.79 Å². The summed E-state index contributed by atoms with van der Waals surface area (Å²) >= 11 is 0. The highest BCUT2D eigenvalue weighted by atomic mass is 16.5. The molecule has 0 bridgehead atoms. The maximum Gasteiger partial charge on any atom is 0.338 e. The third kappa shape index (κ3) is 3.64. The molecule has 5 heteroatoms. The smallest absolute Gasteiger partial charge is 0.338 e. The van der Waals surface area contributed by atoms with Gasteiger partial charge >= 0.3 is 5.97 Å². The van der Waals surface area contributed by atoms with Crippen molar-refractivity contribution in [2.24, 2.45) is 0 Å². The average molecular weight is 300 g/mol. The van der Waals surface area contributed by atoms with Gasteiger partial charge in [0.05, 0.1) is 17.2 Å². The summed E-state index contributed by atoms with van der Waals surface area (Å²) in [6, 6.07) is 8.58. The molecule has 1 saturated heterocycles. The summed E-state index contributed by atoms with van der Waals surface area (Å²) in [5.74, 6) is -0.743. The van der Waals surface area contributed by atoms with Gasteiger partial charge in [-0.2, -0.15) is 5.26 Å². The second-order valence-corrected chi connectivity index (χ2v) is 5.70. The van der Waals surface area contributed by atoms with E-state index in [9.17, 15) is 9.59 Å². The maximum atomic E-state index is 12.3. The normalized spacial score (nSPS) is 21.0. The molecule has 0 aromatic heterocycles. The van der Waals surface area contributed by atoms with Gasteiger partial charge in [0.1, 0.15) is 0 Å². The van der Waals surface area contributed by atoms with E-state index >= 15 is 0 Å². The fraction of sp³-hybridized carbons (Fsp3) is 0.471. The van der Waals surface area contributed by atoms with Crippen molar-refractivity contribution < 1.29 is 14.3 Å². The van der Waals surface area contributed by atoms with E-state index < -0.39 is 5.97 Å². The topological polar surface area (TPSA) is 70.4 Å². The van der Waals surface area contributed by atoms with Gasteiger partial charge < -0.3 is 9.64 Å². The van der Waals surface area contributed by atoms with Crippen LogP contribution in [0.3, 0.4) is 0 Å². The third-order valence-electron chi connectivity index (χ3n) is 4.04. The number of carbonyl (C=O) groups is 2. The molecule has 0 saturated carbocycles. The molecule has 0 unspecified atom stereocenters. The summed E-state index contributed by atoms with van der Waals surface area (Å²) in [5.41, 5.74) is 0.672. The third-order valence-corrected chi connectivity index (χ3v) is 4.04. The van der Waals surface area contributed by atoms with Crippen molar-refractivity contribution in [3.8, 4) is 6.07 Å². The van der Waals surface area contributed by atoms with Crippen molar-refractivity contribution in [3.05, 3.63) is 35.4 Å². The Balaban J connectivity index is 1.95. The molecule has 1 aliphatic rings. The van der Waals surface area contributed by atoms with E-state index in [0.717, 1.165) is 19.3 Å². The lowest BCUT2D eigenvalue weighted by atomic mass is 9.97. The van der Waals surface area contributed by atoms with Crippen molar-refractivity contribution in [2.75, 3.05) is 6.61 Å². The maximum absolute atomic E-state index is 12.3. The molecule has 2 rings (SSSR count). The monoisotopic (exact) mass is 300 g/mol. The summed E-state index contributed by atoms with van der Waals surface area (Å²) in [5, 5.41) is 8.83. The van der Waals surface area contributed by atoms with Gasteiger partial charge in [-0.15, -0.1) is 0 Å². The molecular weight excluding hydrogens is 280 g/mol. The van der Waals surface area contributed by atoms with Crippen molar-refractivity contribution in [1.29, 1.82) is 5.26 Å². The largest absolute Gasteiger partial charge is 0.452 e. The first-order valence-electron chi connectivity index (χ1n) is 7.51. The number of piperidine rings is 1. The number of hydrogen-bond donors (Lipinski definition) is 0. The first-order valence-corrected chi connectivity index (χ1v) is 7.51. The van der Waals surface area contributed by atoms with Crippen molar-refractivity contribution in [2.45, 2.75) is 45.2 Å². The highest BCUT2D eigenvalue weighted by molar-refractivity contribution is 5.91. The molecule has 5 nitrogen and oxygen atoms in total. The van der Waals surface area contributed by atoms with Gasteiger partial charge in [-0.05, 0) is 51.3 Å². The number of hydrogen-bond acceptors (Lipinski definition) is 4. The van der Waals surface area contributed by atoms with Crippen LogP contribution < -0.4 is 0 Å². The molecule has 1 heterocycles. The number of esters is 1. The van der Waals surface area contributed by atoms with Crippen LogP contribution in [0.15, 0.2) is 24.3 Å². The fourth-order valence-electron chi connectivity index (χ4n) is 2.91. The van der Waals surface area contributed by atoms with Crippen LogP contribution in [0.4, 0.5) is 0 Å². The van der Waals surface area contributed by atoms with Crippen LogP contribution in [0.5, 0.6) is 0 Å². The molecule has 2 atom stereocenters. The molecule has 0 radical (unpaired) electrons. The summed E-state index contributed by atoms with van der Waals surface area (Å²) in [6.07, 6.45) is 3.08. The van der Waals surface area contributed by atoms with Crippen LogP contribution in [0.1, 0.15) is 49.0 Å². The number of ether oxygens (including phenoxy) is 1. The SMILES string of the molecule is C[C@@H]1CCC[C@H](C)N1C(=O)COC(=O)c1cccc(C#N)c1. The molecule has 1 aromatic carbocycles. The van der Waals surface area contributed by atoms with Crippen molar-refractivity contribution >= 4 is 11.9 Å². The zero-order valence-corrected chi connectivity index (χ0v) is 12.9. The second-order valence-electron chi connectivity index (χ2n) is 5.70. The van der Waals surface area contributed by atoms with Crippen LogP contribution >= 0.6 is 0 Å². The Morgan fingerprint density at radius 3 is 2.64 bits per heavy atom. The molecule has 116 valence electrons. The number of amides is 1. The Hall–Kier alpha value is -2.35. The minimum atomic E-state index is -0.581. The Bertz CT molecular complexity index is 596. The van der Waals surface area contributed by atoms with Crippen molar-refractivity contribution in [1.82, 2.24) is 4.90 Å². The molecule has 0 N–H and O–H groups in total. The molecule has 0 aliphatic carbocycles. The van der Waals surface area contributed by atoms with E-state index in [1.165, 1.54) is 6.07 Å². The number of rotatable bonds is 3. The summed E-state index contributed by atoms with van der Waals surface area (Å²) in [7, 11) is 0. The van der Waals surface area contributed by atoms with Crippen LogP contribution in [0, 0.1) is 11.3 Å². The van der Waals surface area contributed by atoms with Gasteiger partial charge in [0.2, 0.25) is 0 Å². The van der Waals surface area contributed by atoms with E-state index in [4.69, 9.17) is 10.00 Å². The second kappa shape index (κ2) is 7.08. The van der Waals surface area contributed by atoms with E-state index in [0.29, 0.717) is 5.56 Å². The number of likely N-dealkylation sites (tertiary alicyclic amines) is 1. The first-order chi connectivity index (χ1) is 10.5. The van der Waals surface area contributed by atoms with E-state index in [2.05, 4.69) is 0 Å². The van der Waals surface area contributed by atoms with Gasteiger partial charge in [0, 0.05) is 12.1 Å². The van der Waals surface area contributed by atoms with E-state index in [1.54, 1.807) is 18.2 Å². The van der Waals surface area contributed by atoms with Crippen LogP contribution in [0.2, 0.25) is 0 Å². The fourth-order valence-corrected chi connectivity index (χ4v) is 2.91. The molecule has 0 spiro atoms. The van der Waals surface area contributed by atoms with E-state index in [1.807, 2.05) is 24.8 Å². The quantitative estimate of drug-likeness (QED) is 0.804. The van der Waals surface area contributed by atoms with E-state index in [-0.39, 0.29) is 30.2 Å². The molecule has 1 amide bonds. The lowest BCUT2D eigenvalue weighted by molar-refractivity contribution is -0.140. The summed E-state index contributed by atoms with van der Waals surface area (Å²) < 4.78 is 5.10. The summed E-state index contributed by atoms with van der Waals surface area (Å²) in [6.45, 7) is 3.78. The van der Waals surface area contributed by atoms with Gasteiger partial charge in [-0.1, -0.05) is 6.07 Å². The minimum absolute atomic E-state index is 0.163. The van der Waals surface area contributed by atoms with Gasteiger partial charge in [-0.25, -0.2) is 4.79 Å². The number of nitriles is 1. The number of nitrogens with zero attached hydrogens (tertiary/aromatic N) is 2. The molecule has 22 heavy (non-hydrogen) atoms. The zero-order valence-electron chi connectivity index (χ0n) is 12.9. The molecule has 1 aliphatic heterocycles. The first kappa shape index (κ1) is 16.0. The van der Waals surface area contributed by atoms with Crippen LogP contribution in [-0.4, -0.2) is 35.5 Å². The molecular formula is C17H20N2O3. The highest BCUT2D eigenvalue weighted by Gasteiger charge is 2.29. The lowest BCUT2D eigenvalue weighted by Crippen LogP contribution is -2.49. The minimum Gasteiger partial charge on any atom is -0.452 e. The lowest BCUT2D eigenvalue weighted by Gasteiger charge is -2.38. The number of carbonyl (C=O) groups excluding carboxylic acids is 2. The Morgan fingerprint density at radius 1 is 1.32 bits per heavy atom. The van der Waals surface area contributed by atoms with Gasteiger partial charge in [0.25, 0.3) is 5.91 Å². The van der Waals surface area contributed by atoms with Crippen molar-refractivity contribution in [3.63, 3.8) is 0 Å². The summed E-state index contributed by atoms with van der Waals surface area (Å²) in [4.78, 5) is 26.0. The zero-order chi connectivity index (χ0) is 16.1. The van der Waals surface area contributed by atoms with Crippen LogP contribution in [-0.2, 0) is 9.53 Å². The Kier molecular flexibility index (Phi) is 5.16. The predicted molar refractivity (Wildman–Crippen MR) is 81.1 cm³/mol. The van der Waals surface area contributed by atoms with Gasteiger partial charge in [0.15, 0.2) is 6.61 Å². The Labute approximate surface area is 130 Å². The van der Waals surface area contributed by atoms with Crippen LogP contribution in [0.25, 0.3) is 0 Å². The molecule has 1 fully saturated rings. The average Bonchev–Trinajstić information content (AvgIpc) is 2.52.